The predicted molar refractivity (Wildman–Crippen MR) is 210 cm³/mol. The maximum atomic E-state index is 14.6. The van der Waals surface area contributed by atoms with E-state index < -0.39 is 35.7 Å². The van der Waals surface area contributed by atoms with Crippen molar-refractivity contribution in [3.63, 3.8) is 0 Å². The smallest absolute Gasteiger partial charge is 0.408 e. The van der Waals surface area contributed by atoms with Crippen molar-refractivity contribution in [1.29, 1.82) is 0 Å². The SMILES string of the molecule is COc1ccc2c(O[C@@H]3C[C@H]4C(=O)N[C@@]5(C(C)=O)CC5/C=C\CCCCC[C@@H](NC(=O)OC5CCCC5)C(=O)N4C3)cc(-c3csc(NC(C)C)n3)nc2c1. The Bertz CT molecular complexity index is 1940. The molecular weight excluding hydrogens is 721 g/mol. The van der Waals surface area contributed by atoms with E-state index in [2.05, 4.69) is 35.9 Å². The Labute approximate surface area is 326 Å². The predicted octanol–water partition coefficient (Wildman–Crippen LogP) is 6.56. The zero-order valence-electron chi connectivity index (χ0n) is 32.1. The lowest BCUT2D eigenvalue weighted by Gasteiger charge is -2.29. The van der Waals surface area contributed by atoms with E-state index in [-0.39, 0.29) is 42.7 Å². The molecule has 3 amide bonds. The number of methoxy groups -OCH3 is 1. The van der Waals surface area contributed by atoms with E-state index in [1.807, 2.05) is 35.7 Å². The first-order valence-electron chi connectivity index (χ1n) is 19.7. The van der Waals surface area contributed by atoms with E-state index >= 15 is 0 Å². The molecule has 3 N–H and O–H groups in total. The molecule has 294 valence electrons. The molecule has 5 atom stereocenters. The Morgan fingerprint density at radius 1 is 1.02 bits per heavy atom. The van der Waals surface area contributed by atoms with Crippen molar-refractivity contribution in [2.45, 2.75) is 127 Å². The van der Waals surface area contributed by atoms with E-state index in [0.29, 0.717) is 47.7 Å². The molecule has 3 aromatic rings. The van der Waals surface area contributed by atoms with Gasteiger partial charge < -0.3 is 35.1 Å². The summed E-state index contributed by atoms with van der Waals surface area (Å²) < 4.78 is 18.0. The summed E-state index contributed by atoms with van der Waals surface area (Å²) in [6, 6.07) is 5.78. The first kappa shape index (κ1) is 38.6. The number of allylic oxidation sites excluding steroid dienone is 1. The number of pyridine rings is 1. The number of thiazole rings is 1. The summed E-state index contributed by atoms with van der Waals surface area (Å²) in [6.45, 7) is 5.70. The largest absolute Gasteiger partial charge is 0.497 e. The van der Waals surface area contributed by atoms with Gasteiger partial charge in [0.15, 0.2) is 10.9 Å². The number of ketones is 1. The summed E-state index contributed by atoms with van der Waals surface area (Å²) in [5.74, 6) is 0.164. The third kappa shape index (κ3) is 8.74. The van der Waals surface area contributed by atoms with Crippen LogP contribution in [0.5, 0.6) is 11.5 Å². The van der Waals surface area contributed by atoms with Gasteiger partial charge in [0.25, 0.3) is 0 Å². The van der Waals surface area contributed by atoms with Crippen LogP contribution in [0.2, 0.25) is 0 Å². The number of hydrogen-bond acceptors (Lipinski definition) is 11. The number of carbonyl (C=O) groups excluding carboxylic acids is 4. The van der Waals surface area contributed by atoms with Crippen LogP contribution in [0.3, 0.4) is 0 Å². The highest BCUT2D eigenvalue weighted by molar-refractivity contribution is 7.14. The summed E-state index contributed by atoms with van der Waals surface area (Å²) in [6.07, 6.45) is 10.8. The van der Waals surface area contributed by atoms with Crippen molar-refractivity contribution in [2.24, 2.45) is 5.92 Å². The van der Waals surface area contributed by atoms with Crippen LogP contribution in [0.4, 0.5) is 9.93 Å². The van der Waals surface area contributed by atoms with Gasteiger partial charge in [-0.25, -0.2) is 14.8 Å². The third-order valence-corrected chi connectivity index (χ3v) is 12.0. The minimum Gasteiger partial charge on any atom is -0.497 e. The molecule has 2 aromatic heterocycles. The number of fused-ring (bicyclic) bond motifs is 3. The van der Waals surface area contributed by atoms with Crippen LogP contribution in [0, 0.1) is 5.92 Å². The standard InChI is InChI=1S/C41H52N6O7S/c1-24(2)42-39-44-34(23-55-39)33-20-36(30-17-16-28(52-4)18-32(30)43-33)53-29-19-35-37(49)46-41(25(3)48)21-26(41)12-8-6-5-7-9-15-31(38(50)47(35)22-29)45-40(51)54-27-13-10-11-14-27/h8,12,16-18,20,23-24,26-27,29,31,35H,5-7,9-11,13-15,19,21-22H2,1-4H3,(H,42,44)(H,45,51)(H,46,49)/b12-8-/t26?,29-,31-,35+,41-/m1/s1. The molecule has 1 unspecified atom stereocenters. The van der Waals surface area contributed by atoms with Crippen LogP contribution in [0.1, 0.15) is 91.4 Å². The van der Waals surface area contributed by atoms with Crippen LogP contribution in [0.25, 0.3) is 22.3 Å². The lowest BCUT2D eigenvalue weighted by molar-refractivity contribution is -0.141. The molecule has 1 aromatic carbocycles. The summed E-state index contributed by atoms with van der Waals surface area (Å²) >= 11 is 1.49. The highest BCUT2D eigenvalue weighted by Gasteiger charge is 2.59. The maximum Gasteiger partial charge on any atom is 0.408 e. The molecule has 2 saturated carbocycles. The van der Waals surface area contributed by atoms with Gasteiger partial charge in [0, 0.05) is 41.3 Å². The van der Waals surface area contributed by atoms with Crippen molar-refractivity contribution in [3.8, 4) is 22.9 Å². The van der Waals surface area contributed by atoms with Gasteiger partial charge in [0.05, 0.1) is 24.9 Å². The summed E-state index contributed by atoms with van der Waals surface area (Å²) in [7, 11) is 1.60. The summed E-state index contributed by atoms with van der Waals surface area (Å²) in [5.41, 5.74) is 0.918. The fraction of sp³-hybridized carbons (Fsp3) is 0.561. The lowest BCUT2D eigenvalue weighted by Crippen LogP contribution is -2.56. The van der Waals surface area contributed by atoms with Crippen molar-refractivity contribution in [3.05, 3.63) is 41.8 Å². The van der Waals surface area contributed by atoms with Gasteiger partial charge in [-0.05, 0) is 84.3 Å². The number of aromatic nitrogens is 2. The molecule has 55 heavy (non-hydrogen) atoms. The Morgan fingerprint density at radius 2 is 1.82 bits per heavy atom. The van der Waals surface area contributed by atoms with E-state index in [1.54, 1.807) is 7.11 Å². The van der Waals surface area contributed by atoms with Gasteiger partial charge in [-0.2, -0.15) is 0 Å². The number of nitrogens with zero attached hydrogens (tertiary/aromatic N) is 3. The topological polar surface area (TPSA) is 161 Å². The second-order valence-electron chi connectivity index (χ2n) is 15.6. The van der Waals surface area contributed by atoms with Crippen LogP contribution >= 0.6 is 11.3 Å². The zero-order chi connectivity index (χ0) is 38.7. The number of Topliss-reactive ketones (excluding diaryl/α,β-unsaturated/α-hetero) is 1. The van der Waals surface area contributed by atoms with Gasteiger partial charge in [0.1, 0.15) is 47.0 Å². The highest BCUT2D eigenvalue weighted by Crippen LogP contribution is 2.46. The van der Waals surface area contributed by atoms with E-state index in [4.69, 9.17) is 24.2 Å². The second-order valence-corrected chi connectivity index (χ2v) is 16.5. The van der Waals surface area contributed by atoms with E-state index in [0.717, 1.165) is 55.5 Å². The van der Waals surface area contributed by atoms with Crippen molar-refractivity contribution in [1.82, 2.24) is 25.5 Å². The molecule has 7 rings (SSSR count). The summed E-state index contributed by atoms with van der Waals surface area (Å²) in [4.78, 5) is 66.3. The normalized spacial score (nSPS) is 26.7. The Kier molecular flexibility index (Phi) is 11.6. The molecule has 0 radical (unpaired) electrons. The van der Waals surface area contributed by atoms with Gasteiger partial charge in [0.2, 0.25) is 11.8 Å². The Hall–Kier alpha value is -4.72. The van der Waals surface area contributed by atoms with Gasteiger partial charge >= 0.3 is 6.09 Å². The molecule has 0 spiro atoms. The van der Waals surface area contributed by atoms with Crippen molar-refractivity contribution >= 4 is 51.1 Å². The average Bonchev–Trinajstić information content (AvgIpc) is 3.58. The first-order chi connectivity index (χ1) is 26.5. The third-order valence-electron chi connectivity index (χ3n) is 11.2. The van der Waals surface area contributed by atoms with Crippen molar-refractivity contribution in [2.75, 3.05) is 19.0 Å². The monoisotopic (exact) mass is 772 g/mol. The molecule has 13 nitrogen and oxygen atoms in total. The lowest BCUT2D eigenvalue weighted by atomic mass is 10.0. The van der Waals surface area contributed by atoms with Crippen molar-refractivity contribution < 1.29 is 33.4 Å². The average molecular weight is 773 g/mol. The molecule has 14 heteroatoms. The fourth-order valence-electron chi connectivity index (χ4n) is 8.09. The number of ether oxygens (including phenoxy) is 3. The molecule has 4 heterocycles. The minimum atomic E-state index is -1.00. The molecule has 2 aliphatic heterocycles. The second kappa shape index (κ2) is 16.6. The molecule has 1 saturated heterocycles. The van der Waals surface area contributed by atoms with Gasteiger partial charge in [-0.15, -0.1) is 11.3 Å². The molecular formula is C41H52N6O7S. The molecule has 2 aliphatic carbocycles. The summed E-state index contributed by atoms with van der Waals surface area (Å²) in [5, 5.41) is 12.7. The number of benzene rings is 1. The van der Waals surface area contributed by atoms with Crippen LogP contribution in [-0.4, -0.2) is 88.1 Å². The van der Waals surface area contributed by atoms with E-state index in [1.165, 1.54) is 23.2 Å². The number of hydrogen-bond donors (Lipinski definition) is 3. The molecule has 3 fully saturated rings. The van der Waals surface area contributed by atoms with Gasteiger partial charge in [-0.1, -0.05) is 25.0 Å². The minimum absolute atomic E-state index is 0.0949. The highest BCUT2D eigenvalue weighted by atomic mass is 32.1. The fourth-order valence-corrected chi connectivity index (χ4v) is 8.94. The van der Waals surface area contributed by atoms with Crippen LogP contribution in [-0.2, 0) is 19.1 Å². The number of alkyl carbamates (subject to hydrolysis) is 1. The number of anilines is 1. The Morgan fingerprint density at radius 3 is 2.58 bits per heavy atom. The molecule has 4 aliphatic rings. The number of rotatable bonds is 9. The van der Waals surface area contributed by atoms with Gasteiger partial charge in [-0.3, -0.25) is 14.4 Å². The van der Waals surface area contributed by atoms with Crippen LogP contribution < -0.4 is 25.4 Å². The zero-order valence-corrected chi connectivity index (χ0v) is 32.9. The maximum absolute atomic E-state index is 14.6. The van der Waals surface area contributed by atoms with Crippen LogP contribution in [0.15, 0.2) is 41.8 Å². The Balaban J connectivity index is 1.20. The molecule has 0 bridgehead atoms. The number of amides is 3. The van der Waals surface area contributed by atoms with E-state index in [9.17, 15) is 19.2 Å². The first-order valence-corrected chi connectivity index (χ1v) is 20.6. The number of nitrogens with one attached hydrogen (secondary N) is 3. The quantitative estimate of drug-likeness (QED) is 0.203. The number of carbonyl (C=O) groups is 4.